The van der Waals surface area contributed by atoms with E-state index in [0.29, 0.717) is 5.01 Å². The molecule has 0 unspecified atom stereocenters. The summed E-state index contributed by atoms with van der Waals surface area (Å²) in [5.41, 5.74) is 0. The molecule has 0 aliphatic rings. The number of aromatic nitrogens is 1. The lowest BCUT2D eigenvalue weighted by atomic mass is 10.8. The van der Waals surface area contributed by atoms with Gasteiger partial charge in [-0.3, -0.25) is 0 Å². The first-order chi connectivity index (χ1) is 3.83. The summed E-state index contributed by atoms with van der Waals surface area (Å²) in [6.07, 6.45) is 0. The molecule has 0 amide bonds. The Kier molecular flexibility index (Phi) is 1.96. The summed E-state index contributed by atoms with van der Waals surface area (Å²) in [4.78, 5) is 3.79. The Bertz CT molecular complexity index is 176. The number of thiazole rings is 1. The Hall–Kier alpha value is 0.0400. The molecule has 44 valence electrons. The van der Waals surface area contributed by atoms with Crippen molar-refractivity contribution in [3.05, 3.63) is 15.0 Å². The minimum absolute atomic E-state index is 0.462. The van der Waals surface area contributed by atoms with Crippen molar-refractivity contribution < 1.29 is 4.39 Å². The van der Waals surface area contributed by atoms with Crippen molar-refractivity contribution in [3.63, 3.8) is 0 Å². The van der Waals surface area contributed by atoms with Crippen LogP contribution in [-0.2, 0) is 6.67 Å². The smallest absolute Gasteiger partial charge is 0.141 e. The predicted molar refractivity (Wildman–Crippen MR) is 34.6 cm³/mol. The summed E-state index contributed by atoms with van der Waals surface area (Å²) < 4.78 is 12.4. The molecule has 0 saturated heterocycles. The maximum atomic E-state index is 11.7. The molecule has 1 aromatic rings. The second-order valence-electron chi connectivity index (χ2n) is 1.20. The number of rotatable bonds is 1. The van der Waals surface area contributed by atoms with Gasteiger partial charge in [0, 0.05) is 5.38 Å². The summed E-state index contributed by atoms with van der Waals surface area (Å²) in [5, 5.41) is 2.28. The molecule has 0 N–H and O–H groups in total. The van der Waals surface area contributed by atoms with Crippen molar-refractivity contribution in [2.45, 2.75) is 6.67 Å². The molecular formula is C4H3BrFNS. The molecule has 0 aliphatic carbocycles. The average Bonchev–Trinajstić information content (AvgIpc) is 2.14. The molecule has 1 nitrogen and oxygen atoms in total. The highest BCUT2D eigenvalue weighted by Crippen LogP contribution is 2.14. The lowest BCUT2D eigenvalue weighted by Gasteiger charge is -1.75. The summed E-state index contributed by atoms with van der Waals surface area (Å²) >= 11 is 4.42. The van der Waals surface area contributed by atoms with Gasteiger partial charge >= 0.3 is 0 Å². The monoisotopic (exact) mass is 195 g/mol. The summed E-state index contributed by atoms with van der Waals surface area (Å²) in [7, 11) is 0. The van der Waals surface area contributed by atoms with E-state index in [1.165, 1.54) is 11.3 Å². The third-order valence-electron chi connectivity index (χ3n) is 0.638. The van der Waals surface area contributed by atoms with Gasteiger partial charge in [-0.2, -0.15) is 0 Å². The highest BCUT2D eigenvalue weighted by Gasteiger charge is 1.95. The molecule has 4 heteroatoms. The molecule has 0 fully saturated rings. The van der Waals surface area contributed by atoms with E-state index in [-0.39, 0.29) is 0 Å². The van der Waals surface area contributed by atoms with Gasteiger partial charge in [-0.15, -0.1) is 11.3 Å². The number of hydrogen-bond donors (Lipinski definition) is 0. The Morgan fingerprint density at radius 3 is 2.88 bits per heavy atom. The van der Waals surface area contributed by atoms with E-state index in [1.54, 1.807) is 5.38 Å². The van der Waals surface area contributed by atoms with Crippen LogP contribution in [0.4, 0.5) is 4.39 Å². The zero-order valence-corrected chi connectivity index (χ0v) is 6.30. The van der Waals surface area contributed by atoms with Crippen molar-refractivity contribution >= 4 is 27.3 Å². The van der Waals surface area contributed by atoms with Crippen LogP contribution in [-0.4, -0.2) is 4.98 Å². The minimum Gasteiger partial charge on any atom is -0.243 e. The normalized spacial score (nSPS) is 9.75. The van der Waals surface area contributed by atoms with Crippen LogP contribution in [0, 0.1) is 0 Å². The lowest BCUT2D eigenvalue weighted by Crippen LogP contribution is -1.71. The van der Waals surface area contributed by atoms with Gasteiger partial charge in [-0.1, -0.05) is 0 Å². The SMILES string of the molecule is FCc1nc(Br)cs1. The van der Waals surface area contributed by atoms with Gasteiger partial charge in [-0.05, 0) is 15.9 Å². The van der Waals surface area contributed by atoms with Crippen LogP contribution < -0.4 is 0 Å². The fourth-order valence-electron chi connectivity index (χ4n) is 0.350. The molecule has 0 saturated carbocycles. The molecule has 0 atom stereocenters. The van der Waals surface area contributed by atoms with Gasteiger partial charge in [0.1, 0.15) is 16.3 Å². The highest BCUT2D eigenvalue weighted by molar-refractivity contribution is 9.10. The fraction of sp³-hybridized carbons (Fsp3) is 0.250. The maximum absolute atomic E-state index is 11.7. The van der Waals surface area contributed by atoms with E-state index in [1.807, 2.05) is 0 Å². The van der Waals surface area contributed by atoms with E-state index in [4.69, 9.17) is 0 Å². The van der Waals surface area contributed by atoms with Crippen LogP contribution in [0.5, 0.6) is 0 Å². The highest BCUT2D eigenvalue weighted by atomic mass is 79.9. The van der Waals surface area contributed by atoms with E-state index in [0.717, 1.165) is 4.60 Å². The van der Waals surface area contributed by atoms with Gasteiger partial charge < -0.3 is 0 Å². The molecule has 1 aromatic heterocycles. The van der Waals surface area contributed by atoms with Crippen molar-refractivity contribution in [2.75, 3.05) is 0 Å². The largest absolute Gasteiger partial charge is 0.243 e. The first-order valence-electron chi connectivity index (χ1n) is 1.99. The van der Waals surface area contributed by atoms with Crippen molar-refractivity contribution in [2.24, 2.45) is 0 Å². The molecule has 8 heavy (non-hydrogen) atoms. The standard InChI is InChI=1S/C4H3BrFNS/c5-3-2-8-4(1-6)7-3/h2H,1H2. The third-order valence-corrected chi connectivity index (χ3v) is 2.16. The Labute approximate surface area is 58.7 Å². The molecule has 0 bridgehead atoms. The number of nitrogens with zero attached hydrogens (tertiary/aromatic N) is 1. The van der Waals surface area contributed by atoms with E-state index >= 15 is 0 Å². The van der Waals surface area contributed by atoms with Crippen LogP contribution in [0.1, 0.15) is 5.01 Å². The summed E-state index contributed by atoms with van der Waals surface area (Å²) in [5.74, 6) is 0. The van der Waals surface area contributed by atoms with Crippen molar-refractivity contribution in [1.29, 1.82) is 0 Å². The minimum atomic E-state index is -0.462. The van der Waals surface area contributed by atoms with Crippen LogP contribution in [0.15, 0.2) is 9.98 Å². The quantitative estimate of drug-likeness (QED) is 0.671. The fourth-order valence-corrected chi connectivity index (χ4v) is 1.46. The Morgan fingerprint density at radius 1 is 1.88 bits per heavy atom. The predicted octanol–water partition coefficient (Wildman–Crippen LogP) is 2.38. The topological polar surface area (TPSA) is 12.9 Å². The third kappa shape index (κ3) is 1.26. The molecule has 1 heterocycles. The average molecular weight is 196 g/mol. The second-order valence-corrected chi connectivity index (χ2v) is 2.95. The first kappa shape index (κ1) is 6.16. The maximum Gasteiger partial charge on any atom is 0.141 e. The lowest BCUT2D eigenvalue weighted by molar-refractivity contribution is 0.483. The van der Waals surface area contributed by atoms with Gasteiger partial charge in [0.2, 0.25) is 0 Å². The summed E-state index contributed by atoms with van der Waals surface area (Å²) in [6.45, 7) is -0.462. The molecule has 0 aliphatic heterocycles. The summed E-state index contributed by atoms with van der Waals surface area (Å²) in [6, 6.07) is 0. The second kappa shape index (κ2) is 2.55. The number of alkyl halides is 1. The van der Waals surface area contributed by atoms with Gasteiger partial charge in [0.15, 0.2) is 0 Å². The van der Waals surface area contributed by atoms with E-state index in [9.17, 15) is 4.39 Å². The number of hydrogen-bond acceptors (Lipinski definition) is 2. The van der Waals surface area contributed by atoms with Crippen LogP contribution >= 0.6 is 27.3 Å². The van der Waals surface area contributed by atoms with Gasteiger partial charge in [0.05, 0.1) is 0 Å². The van der Waals surface area contributed by atoms with Crippen molar-refractivity contribution in [3.8, 4) is 0 Å². The van der Waals surface area contributed by atoms with E-state index in [2.05, 4.69) is 20.9 Å². The van der Waals surface area contributed by atoms with Crippen LogP contribution in [0.3, 0.4) is 0 Å². The first-order valence-corrected chi connectivity index (χ1v) is 3.66. The molecular weight excluding hydrogens is 193 g/mol. The Balaban J connectivity index is 2.84. The van der Waals surface area contributed by atoms with Gasteiger partial charge in [-0.25, -0.2) is 9.37 Å². The Morgan fingerprint density at radius 2 is 2.62 bits per heavy atom. The molecule has 0 aromatic carbocycles. The zero-order chi connectivity index (χ0) is 5.98. The van der Waals surface area contributed by atoms with E-state index < -0.39 is 6.67 Å². The number of halogens is 2. The molecule has 1 rings (SSSR count). The molecule has 0 radical (unpaired) electrons. The van der Waals surface area contributed by atoms with Crippen molar-refractivity contribution in [1.82, 2.24) is 4.98 Å². The van der Waals surface area contributed by atoms with Gasteiger partial charge in [0.25, 0.3) is 0 Å². The van der Waals surface area contributed by atoms with Crippen LogP contribution in [0.2, 0.25) is 0 Å². The van der Waals surface area contributed by atoms with Crippen LogP contribution in [0.25, 0.3) is 0 Å². The zero-order valence-electron chi connectivity index (χ0n) is 3.90. The molecule has 0 spiro atoms.